The lowest BCUT2D eigenvalue weighted by Crippen LogP contribution is -2.05. The molecule has 4 aromatic rings. The van der Waals surface area contributed by atoms with Crippen LogP contribution in [0.4, 0.5) is 13.2 Å². The minimum atomic E-state index is -4.38. The molecule has 2 aromatic carbocycles. The van der Waals surface area contributed by atoms with E-state index in [-0.39, 0.29) is 29.4 Å². The number of fused-ring (bicyclic) bond motifs is 1. The molecule has 0 saturated heterocycles. The smallest absolute Gasteiger partial charge is 0.416 e. The van der Waals surface area contributed by atoms with Crippen LogP contribution in [0, 0.1) is 13.8 Å². The molecule has 1 N–H and O–H groups in total. The summed E-state index contributed by atoms with van der Waals surface area (Å²) >= 11 is 0. The van der Waals surface area contributed by atoms with Crippen molar-refractivity contribution in [3.05, 3.63) is 81.2 Å². The number of ether oxygens (including phenoxy) is 1. The summed E-state index contributed by atoms with van der Waals surface area (Å²) in [6, 6.07) is 11.5. The molecule has 2 heterocycles. The standard InChI is InChI=1S/C23H17F3O5/c1-12-20(27)13(2)22(28)31-21(12)19-9-15-5-8-17(10-18(15)30-19)29-11-14-3-6-16(7-4-14)23(24,25)26/h3-10,27H,11H2,1-2H3. The second-order valence-electron chi connectivity index (χ2n) is 7.11. The highest BCUT2D eigenvalue weighted by Gasteiger charge is 2.29. The average molecular weight is 430 g/mol. The Morgan fingerprint density at radius 3 is 2.35 bits per heavy atom. The van der Waals surface area contributed by atoms with Crippen molar-refractivity contribution >= 4 is 11.0 Å². The van der Waals surface area contributed by atoms with Gasteiger partial charge in [-0.25, -0.2) is 4.79 Å². The van der Waals surface area contributed by atoms with E-state index < -0.39 is 17.4 Å². The van der Waals surface area contributed by atoms with Crippen LogP contribution in [0.3, 0.4) is 0 Å². The summed E-state index contributed by atoms with van der Waals surface area (Å²) < 4.78 is 54.7. The Morgan fingerprint density at radius 2 is 1.68 bits per heavy atom. The number of hydrogen-bond acceptors (Lipinski definition) is 5. The van der Waals surface area contributed by atoms with Gasteiger partial charge in [-0.15, -0.1) is 0 Å². The van der Waals surface area contributed by atoms with Crippen LogP contribution in [-0.2, 0) is 12.8 Å². The predicted octanol–water partition coefficient (Wildman–Crippen LogP) is 5.97. The first-order valence-electron chi connectivity index (χ1n) is 9.29. The van der Waals surface area contributed by atoms with Gasteiger partial charge in [0.2, 0.25) is 0 Å². The maximum Gasteiger partial charge on any atom is 0.416 e. The summed E-state index contributed by atoms with van der Waals surface area (Å²) in [4.78, 5) is 11.9. The third-order valence-electron chi connectivity index (χ3n) is 4.95. The van der Waals surface area contributed by atoms with Gasteiger partial charge in [0.25, 0.3) is 0 Å². The molecule has 5 nitrogen and oxygen atoms in total. The molecule has 0 aliphatic heterocycles. The number of aromatic hydroxyl groups is 1. The van der Waals surface area contributed by atoms with Gasteiger partial charge in [-0.2, -0.15) is 13.2 Å². The third kappa shape index (κ3) is 4.01. The molecule has 0 aliphatic carbocycles. The molecule has 160 valence electrons. The Labute approximate surface area is 174 Å². The van der Waals surface area contributed by atoms with Gasteiger partial charge in [-0.3, -0.25) is 0 Å². The number of halogens is 3. The molecule has 0 bridgehead atoms. The first-order chi connectivity index (χ1) is 14.6. The molecule has 0 atom stereocenters. The average Bonchev–Trinajstić information content (AvgIpc) is 3.16. The van der Waals surface area contributed by atoms with Gasteiger partial charge in [-0.05, 0) is 49.7 Å². The molecule has 0 fully saturated rings. The topological polar surface area (TPSA) is 72.8 Å². The zero-order chi connectivity index (χ0) is 22.3. The maximum atomic E-state index is 12.7. The largest absolute Gasteiger partial charge is 0.507 e. The van der Waals surface area contributed by atoms with E-state index >= 15 is 0 Å². The molecule has 0 aliphatic rings. The van der Waals surface area contributed by atoms with Crippen molar-refractivity contribution < 1.29 is 31.8 Å². The van der Waals surface area contributed by atoms with E-state index in [1.807, 2.05) is 0 Å². The second-order valence-corrected chi connectivity index (χ2v) is 7.11. The van der Waals surface area contributed by atoms with E-state index in [1.54, 1.807) is 31.2 Å². The normalized spacial score (nSPS) is 11.8. The molecule has 4 rings (SSSR count). The predicted molar refractivity (Wildman–Crippen MR) is 107 cm³/mol. The number of furan rings is 1. The minimum absolute atomic E-state index is 0.0804. The minimum Gasteiger partial charge on any atom is -0.507 e. The van der Waals surface area contributed by atoms with E-state index in [4.69, 9.17) is 13.6 Å². The third-order valence-corrected chi connectivity index (χ3v) is 4.95. The van der Waals surface area contributed by atoms with Crippen LogP contribution >= 0.6 is 0 Å². The highest BCUT2D eigenvalue weighted by Crippen LogP contribution is 2.35. The summed E-state index contributed by atoms with van der Waals surface area (Å²) in [6.45, 7) is 3.17. The summed E-state index contributed by atoms with van der Waals surface area (Å²) in [5.41, 5.74) is 0.179. The van der Waals surface area contributed by atoms with Crippen LogP contribution in [0.1, 0.15) is 22.3 Å². The molecule has 0 unspecified atom stereocenters. The monoisotopic (exact) mass is 430 g/mol. The van der Waals surface area contributed by atoms with Crippen molar-refractivity contribution in [2.75, 3.05) is 0 Å². The number of alkyl halides is 3. The van der Waals surface area contributed by atoms with E-state index in [9.17, 15) is 23.1 Å². The summed E-state index contributed by atoms with van der Waals surface area (Å²) in [7, 11) is 0. The van der Waals surface area contributed by atoms with Crippen molar-refractivity contribution in [3.63, 3.8) is 0 Å². The molecule has 0 saturated carbocycles. The highest BCUT2D eigenvalue weighted by atomic mass is 19.4. The van der Waals surface area contributed by atoms with Crippen molar-refractivity contribution in [1.29, 1.82) is 0 Å². The first kappa shape index (κ1) is 20.6. The first-order valence-corrected chi connectivity index (χ1v) is 9.29. The van der Waals surface area contributed by atoms with Gasteiger partial charge in [0, 0.05) is 17.0 Å². The summed E-state index contributed by atoms with van der Waals surface area (Å²) in [5.74, 6) is 0.724. The van der Waals surface area contributed by atoms with Crippen LogP contribution in [0.2, 0.25) is 0 Å². The number of rotatable bonds is 4. The number of hydrogen-bond donors (Lipinski definition) is 1. The van der Waals surface area contributed by atoms with Gasteiger partial charge in [0.1, 0.15) is 23.7 Å². The quantitative estimate of drug-likeness (QED) is 0.432. The second kappa shape index (κ2) is 7.54. The van der Waals surface area contributed by atoms with Crippen LogP contribution in [0.25, 0.3) is 22.5 Å². The van der Waals surface area contributed by atoms with Crippen LogP contribution in [0.15, 0.2) is 62.2 Å². The Kier molecular flexibility index (Phi) is 5.00. The van der Waals surface area contributed by atoms with Crippen LogP contribution < -0.4 is 10.4 Å². The lowest BCUT2D eigenvalue weighted by Gasteiger charge is -2.09. The van der Waals surface area contributed by atoms with E-state index in [1.165, 1.54) is 19.1 Å². The Balaban J connectivity index is 1.57. The Bertz CT molecular complexity index is 1310. The van der Waals surface area contributed by atoms with Gasteiger partial charge >= 0.3 is 11.8 Å². The fraction of sp³-hybridized carbons (Fsp3) is 0.174. The van der Waals surface area contributed by atoms with Gasteiger partial charge in [0.15, 0.2) is 11.5 Å². The Hall–Kier alpha value is -3.68. The zero-order valence-corrected chi connectivity index (χ0v) is 16.5. The molecule has 0 amide bonds. The fourth-order valence-corrected chi connectivity index (χ4v) is 3.14. The highest BCUT2D eigenvalue weighted by molar-refractivity contribution is 5.83. The summed E-state index contributed by atoms with van der Waals surface area (Å²) in [6.07, 6.45) is -4.38. The van der Waals surface area contributed by atoms with Gasteiger partial charge in [-0.1, -0.05) is 12.1 Å². The molecule has 0 spiro atoms. The Morgan fingerprint density at radius 1 is 0.968 bits per heavy atom. The molecule has 31 heavy (non-hydrogen) atoms. The van der Waals surface area contributed by atoms with Crippen molar-refractivity contribution in [3.8, 4) is 23.0 Å². The van der Waals surface area contributed by atoms with Gasteiger partial charge < -0.3 is 18.7 Å². The SMILES string of the molecule is Cc1c(-c2cc3ccc(OCc4ccc(C(F)(F)F)cc4)cc3o2)oc(=O)c(C)c1O. The molecule has 8 heteroatoms. The van der Waals surface area contributed by atoms with Crippen LogP contribution in [-0.4, -0.2) is 5.11 Å². The summed E-state index contributed by atoms with van der Waals surface area (Å²) in [5, 5.41) is 10.8. The van der Waals surface area contributed by atoms with Crippen molar-refractivity contribution in [2.45, 2.75) is 26.6 Å². The van der Waals surface area contributed by atoms with E-state index in [2.05, 4.69) is 0 Å². The maximum absolute atomic E-state index is 12.7. The van der Waals surface area contributed by atoms with Crippen molar-refractivity contribution in [1.82, 2.24) is 0 Å². The van der Waals surface area contributed by atoms with Crippen molar-refractivity contribution in [2.24, 2.45) is 0 Å². The number of benzene rings is 2. The molecule has 2 aromatic heterocycles. The molecule has 0 radical (unpaired) electrons. The lowest BCUT2D eigenvalue weighted by molar-refractivity contribution is -0.137. The zero-order valence-electron chi connectivity index (χ0n) is 16.5. The van der Waals surface area contributed by atoms with Crippen LogP contribution in [0.5, 0.6) is 11.5 Å². The fourth-order valence-electron chi connectivity index (χ4n) is 3.14. The molecular weight excluding hydrogens is 413 g/mol. The van der Waals surface area contributed by atoms with Gasteiger partial charge in [0.05, 0.1) is 11.1 Å². The lowest BCUT2D eigenvalue weighted by atomic mass is 10.1. The van der Waals surface area contributed by atoms with E-state index in [0.717, 1.165) is 17.5 Å². The molecular formula is C23H17F3O5. The van der Waals surface area contributed by atoms with E-state index in [0.29, 0.717) is 22.5 Å².